The van der Waals surface area contributed by atoms with Gasteiger partial charge in [0.05, 0.1) is 0 Å². The predicted octanol–water partition coefficient (Wildman–Crippen LogP) is 3.90. The fourth-order valence-electron chi connectivity index (χ4n) is 2.25. The van der Waals surface area contributed by atoms with Gasteiger partial charge in [0.15, 0.2) is 0 Å². The van der Waals surface area contributed by atoms with E-state index in [4.69, 9.17) is 4.74 Å². The second kappa shape index (κ2) is 9.56. The first-order valence-corrected chi connectivity index (χ1v) is 8.57. The molecule has 1 aromatic carbocycles. The lowest BCUT2D eigenvalue weighted by Crippen LogP contribution is -2.45. The largest absolute Gasteiger partial charge is 0.444 e. The fraction of sp³-hybridized carbons (Fsp3) is 0.632. The molecule has 2 N–H and O–H groups in total. The Bertz CT molecular complexity index is 454. The minimum absolute atomic E-state index is 0.0871. The van der Waals surface area contributed by atoms with Crippen molar-refractivity contribution in [2.75, 3.05) is 6.54 Å². The van der Waals surface area contributed by atoms with Crippen LogP contribution in [0.15, 0.2) is 30.3 Å². The summed E-state index contributed by atoms with van der Waals surface area (Å²) in [7, 11) is 0. The molecule has 0 aliphatic carbocycles. The zero-order valence-electron chi connectivity index (χ0n) is 15.2. The lowest BCUT2D eigenvalue weighted by atomic mass is 10.1. The van der Waals surface area contributed by atoms with Crippen molar-refractivity contribution in [3.63, 3.8) is 0 Å². The van der Waals surface area contributed by atoms with E-state index in [-0.39, 0.29) is 12.1 Å². The van der Waals surface area contributed by atoms with E-state index in [0.717, 1.165) is 25.8 Å². The summed E-state index contributed by atoms with van der Waals surface area (Å²) in [6.45, 7) is 10.6. The van der Waals surface area contributed by atoms with E-state index in [9.17, 15) is 4.79 Å². The molecular weight excluding hydrogens is 288 g/mol. The highest BCUT2D eigenvalue weighted by Gasteiger charge is 2.18. The number of carbonyl (C=O) groups is 1. The molecule has 1 amide bonds. The highest BCUT2D eigenvalue weighted by atomic mass is 16.6. The molecule has 130 valence electrons. The first-order chi connectivity index (χ1) is 10.8. The van der Waals surface area contributed by atoms with Gasteiger partial charge in [-0.3, -0.25) is 0 Å². The van der Waals surface area contributed by atoms with E-state index in [1.165, 1.54) is 5.56 Å². The molecule has 0 aliphatic heterocycles. The third kappa shape index (κ3) is 9.24. The van der Waals surface area contributed by atoms with Crippen LogP contribution in [-0.2, 0) is 11.2 Å². The van der Waals surface area contributed by atoms with E-state index < -0.39 is 5.60 Å². The summed E-state index contributed by atoms with van der Waals surface area (Å²) in [6, 6.07) is 11.0. The van der Waals surface area contributed by atoms with Crippen LogP contribution in [0.5, 0.6) is 0 Å². The van der Waals surface area contributed by atoms with Crippen LogP contribution >= 0.6 is 0 Å². The molecule has 1 rings (SSSR count). The van der Waals surface area contributed by atoms with Crippen molar-refractivity contribution in [3.8, 4) is 0 Å². The molecule has 0 saturated heterocycles. The number of nitrogens with one attached hydrogen (secondary N) is 2. The summed E-state index contributed by atoms with van der Waals surface area (Å²) in [6.07, 6.45) is 2.67. The number of benzene rings is 1. The van der Waals surface area contributed by atoms with Crippen molar-refractivity contribution in [1.29, 1.82) is 0 Å². The van der Waals surface area contributed by atoms with Gasteiger partial charge in [-0.25, -0.2) is 4.79 Å². The normalized spacial score (nSPS) is 14.1. The fourth-order valence-corrected chi connectivity index (χ4v) is 2.25. The Morgan fingerprint density at radius 1 is 1.22 bits per heavy atom. The number of carbonyl (C=O) groups excluding carboxylic acids is 1. The molecule has 0 aliphatic rings. The minimum atomic E-state index is -0.460. The first kappa shape index (κ1) is 19.5. The van der Waals surface area contributed by atoms with Crippen LogP contribution in [-0.4, -0.2) is 30.3 Å². The number of hydrogen-bond acceptors (Lipinski definition) is 3. The molecular formula is C19H32N2O2. The average Bonchev–Trinajstić information content (AvgIpc) is 2.48. The molecule has 0 aromatic heterocycles. The van der Waals surface area contributed by atoms with Crippen LogP contribution in [0.2, 0.25) is 0 Å². The van der Waals surface area contributed by atoms with Gasteiger partial charge >= 0.3 is 6.09 Å². The number of hydrogen-bond donors (Lipinski definition) is 2. The lowest BCUT2D eigenvalue weighted by molar-refractivity contribution is 0.0502. The minimum Gasteiger partial charge on any atom is -0.444 e. The smallest absolute Gasteiger partial charge is 0.407 e. The average molecular weight is 320 g/mol. The maximum atomic E-state index is 11.8. The molecule has 0 bridgehead atoms. The van der Waals surface area contributed by atoms with Crippen molar-refractivity contribution >= 4 is 6.09 Å². The summed E-state index contributed by atoms with van der Waals surface area (Å²) in [5.74, 6) is 0. The second-order valence-electron chi connectivity index (χ2n) is 7.08. The Kier molecular flexibility index (Phi) is 8.10. The molecule has 2 atom stereocenters. The van der Waals surface area contributed by atoms with Gasteiger partial charge in [-0.2, -0.15) is 0 Å². The molecule has 0 fully saturated rings. The van der Waals surface area contributed by atoms with Crippen molar-refractivity contribution < 1.29 is 9.53 Å². The molecule has 23 heavy (non-hydrogen) atoms. The van der Waals surface area contributed by atoms with Gasteiger partial charge in [0, 0.05) is 18.6 Å². The van der Waals surface area contributed by atoms with Crippen LogP contribution in [0.3, 0.4) is 0 Å². The summed E-state index contributed by atoms with van der Waals surface area (Å²) in [4.78, 5) is 11.8. The lowest BCUT2D eigenvalue weighted by Gasteiger charge is -2.24. The number of rotatable bonds is 8. The van der Waals surface area contributed by atoms with Gasteiger partial charge in [0.25, 0.3) is 0 Å². The monoisotopic (exact) mass is 320 g/mol. The molecule has 0 saturated carbocycles. The Morgan fingerprint density at radius 2 is 1.87 bits per heavy atom. The maximum absolute atomic E-state index is 11.8. The molecule has 0 radical (unpaired) electrons. The number of amides is 1. The number of alkyl carbamates (subject to hydrolysis) is 1. The van der Waals surface area contributed by atoms with Gasteiger partial charge in [0.2, 0.25) is 0 Å². The topological polar surface area (TPSA) is 50.4 Å². The van der Waals surface area contributed by atoms with Gasteiger partial charge < -0.3 is 15.4 Å². The van der Waals surface area contributed by atoms with E-state index in [0.29, 0.717) is 6.04 Å². The molecule has 4 heteroatoms. The maximum Gasteiger partial charge on any atom is 0.407 e. The van der Waals surface area contributed by atoms with Crippen molar-refractivity contribution in [1.82, 2.24) is 10.6 Å². The first-order valence-electron chi connectivity index (χ1n) is 8.57. The second-order valence-corrected chi connectivity index (χ2v) is 7.08. The van der Waals surface area contributed by atoms with Crippen LogP contribution < -0.4 is 10.6 Å². The Morgan fingerprint density at radius 3 is 2.43 bits per heavy atom. The Labute approximate surface area is 141 Å². The molecule has 0 heterocycles. The van der Waals surface area contributed by atoms with Crippen molar-refractivity contribution in [2.24, 2.45) is 0 Å². The SMILES string of the molecule is CCC(CNC(C)CCc1ccccc1)NC(=O)OC(C)(C)C. The zero-order chi connectivity index (χ0) is 17.3. The number of ether oxygens (including phenoxy) is 1. The third-order valence-corrected chi connectivity index (χ3v) is 3.64. The molecule has 4 nitrogen and oxygen atoms in total. The molecule has 1 aromatic rings. The van der Waals surface area contributed by atoms with Crippen LogP contribution in [0.1, 0.15) is 53.0 Å². The van der Waals surface area contributed by atoms with Gasteiger partial charge in [-0.1, -0.05) is 37.3 Å². The predicted molar refractivity (Wildman–Crippen MR) is 95.7 cm³/mol. The summed E-state index contributed by atoms with van der Waals surface area (Å²) in [5, 5.41) is 6.43. The van der Waals surface area contributed by atoms with Crippen LogP contribution in [0, 0.1) is 0 Å². The standard InChI is InChI=1S/C19H32N2O2/c1-6-17(21-18(22)23-19(3,4)5)14-20-15(2)12-13-16-10-8-7-9-11-16/h7-11,15,17,20H,6,12-14H2,1-5H3,(H,21,22). The zero-order valence-corrected chi connectivity index (χ0v) is 15.2. The van der Waals surface area contributed by atoms with E-state index >= 15 is 0 Å². The van der Waals surface area contributed by atoms with Gasteiger partial charge in [-0.15, -0.1) is 0 Å². The van der Waals surface area contributed by atoms with E-state index in [1.54, 1.807) is 0 Å². The molecule has 0 spiro atoms. The molecule has 2 unspecified atom stereocenters. The Balaban J connectivity index is 2.29. The summed E-state index contributed by atoms with van der Waals surface area (Å²) < 4.78 is 5.30. The van der Waals surface area contributed by atoms with Crippen LogP contribution in [0.25, 0.3) is 0 Å². The summed E-state index contributed by atoms with van der Waals surface area (Å²) in [5.41, 5.74) is 0.902. The highest BCUT2D eigenvalue weighted by Crippen LogP contribution is 2.08. The third-order valence-electron chi connectivity index (χ3n) is 3.64. The Hall–Kier alpha value is -1.55. The number of aryl methyl sites for hydroxylation is 1. The van der Waals surface area contributed by atoms with E-state index in [1.807, 2.05) is 26.8 Å². The van der Waals surface area contributed by atoms with Crippen LogP contribution in [0.4, 0.5) is 4.79 Å². The van der Waals surface area contributed by atoms with Gasteiger partial charge in [0.1, 0.15) is 5.60 Å². The summed E-state index contributed by atoms with van der Waals surface area (Å²) >= 11 is 0. The van der Waals surface area contributed by atoms with Crippen molar-refractivity contribution in [3.05, 3.63) is 35.9 Å². The quantitative estimate of drug-likeness (QED) is 0.764. The van der Waals surface area contributed by atoms with Gasteiger partial charge in [-0.05, 0) is 52.5 Å². The van der Waals surface area contributed by atoms with E-state index in [2.05, 4.69) is 48.7 Å². The highest BCUT2D eigenvalue weighted by molar-refractivity contribution is 5.68. The van der Waals surface area contributed by atoms with Crippen molar-refractivity contribution in [2.45, 2.75) is 71.6 Å².